The lowest BCUT2D eigenvalue weighted by molar-refractivity contribution is -0.142. The Bertz CT molecular complexity index is 1110. The molecule has 40 heavy (non-hydrogen) atoms. The highest BCUT2D eigenvalue weighted by atomic mass is 16.6. The van der Waals surface area contributed by atoms with Crippen LogP contribution in [0, 0.1) is 6.92 Å². The minimum absolute atomic E-state index is 0.106. The summed E-state index contributed by atoms with van der Waals surface area (Å²) in [5.41, 5.74) is 1.68. The normalized spacial score (nSPS) is 12.9. The minimum Gasteiger partial charge on any atom is -0.508 e. The first kappa shape index (κ1) is 32.7. The fraction of sp³-hybridized carbons (Fsp3) is 0.531. The molecule has 2 aromatic rings. The molecule has 0 saturated carbocycles. The second-order valence-corrected chi connectivity index (χ2v) is 11.6. The third kappa shape index (κ3) is 10.9. The van der Waals surface area contributed by atoms with Gasteiger partial charge in [0, 0.05) is 19.0 Å². The van der Waals surface area contributed by atoms with Gasteiger partial charge in [-0.3, -0.25) is 9.59 Å². The van der Waals surface area contributed by atoms with Crippen LogP contribution < -0.4 is 10.6 Å². The quantitative estimate of drug-likeness (QED) is 0.271. The van der Waals surface area contributed by atoms with Gasteiger partial charge in [0.2, 0.25) is 11.8 Å². The Morgan fingerprint density at radius 1 is 0.975 bits per heavy atom. The number of carbonyl (C=O) groups is 3. The Balaban J connectivity index is 2.55. The Morgan fingerprint density at radius 2 is 1.65 bits per heavy atom. The molecule has 2 atom stereocenters. The number of ether oxygens (including phenoxy) is 1. The number of aryl methyl sites for hydroxylation is 1. The summed E-state index contributed by atoms with van der Waals surface area (Å²) in [6.45, 7) is 13.5. The van der Waals surface area contributed by atoms with E-state index in [9.17, 15) is 19.5 Å². The summed E-state index contributed by atoms with van der Waals surface area (Å²) in [7, 11) is 0. The highest BCUT2D eigenvalue weighted by Gasteiger charge is 2.36. The molecule has 0 aromatic heterocycles. The SMILES string of the molecule is CCCCCCN(C(=O)C(Cc1ccc(O)cc1)NC(=O)OC(C)(C)C)C(C(=O)NC(C)C)c1cccc(C)c1. The first-order valence-corrected chi connectivity index (χ1v) is 14.3. The van der Waals surface area contributed by atoms with E-state index in [1.54, 1.807) is 49.9 Å². The standard InChI is InChI=1S/C32H47N3O5/c1-8-9-10-11-19-35(28(29(37)33-22(2)3)25-14-12-13-23(4)20-25)30(38)27(34-31(39)40-32(5,6)7)21-24-15-17-26(36)18-16-24/h12-18,20,22,27-28,36H,8-11,19,21H2,1-7H3,(H,33,37)(H,34,39). The number of alkyl carbamates (subject to hydrolysis) is 1. The largest absolute Gasteiger partial charge is 0.508 e. The predicted molar refractivity (Wildman–Crippen MR) is 158 cm³/mol. The number of phenolic OH excluding ortho intramolecular Hbond substituents is 1. The van der Waals surface area contributed by atoms with Gasteiger partial charge in [-0.05, 0) is 71.2 Å². The molecule has 0 fully saturated rings. The van der Waals surface area contributed by atoms with E-state index < -0.39 is 23.8 Å². The fourth-order valence-electron chi connectivity index (χ4n) is 4.47. The van der Waals surface area contributed by atoms with Crippen LogP contribution in [0.5, 0.6) is 5.75 Å². The van der Waals surface area contributed by atoms with Crippen molar-refractivity contribution in [1.29, 1.82) is 0 Å². The number of phenols is 1. The van der Waals surface area contributed by atoms with E-state index >= 15 is 0 Å². The van der Waals surface area contributed by atoms with Gasteiger partial charge in [-0.1, -0.05) is 68.1 Å². The molecule has 3 amide bonds. The van der Waals surface area contributed by atoms with Crippen LogP contribution >= 0.6 is 0 Å². The van der Waals surface area contributed by atoms with Crippen molar-refractivity contribution in [2.24, 2.45) is 0 Å². The van der Waals surface area contributed by atoms with Crippen molar-refractivity contribution in [3.05, 3.63) is 65.2 Å². The maximum Gasteiger partial charge on any atom is 0.408 e. The fourth-order valence-corrected chi connectivity index (χ4v) is 4.47. The molecule has 2 unspecified atom stereocenters. The summed E-state index contributed by atoms with van der Waals surface area (Å²) in [6, 6.07) is 12.1. The van der Waals surface area contributed by atoms with E-state index in [1.807, 2.05) is 45.0 Å². The lowest BCUT2D eigenvalue weighted by atomic mass is 9.98. The van der Waals surface area contributed by atoms with Gasteiger partial charge < -0.3 is 25.4 Å². The number of amides is 3. The molecular weight excluding hydrogens is 506 g/mol. The number of hydrogen-bond acceptors (Lipinski definition) is 5. The maximum atomic E-state index is 14.4. The average molecular weight is 554 g/mol. The first-order chi connectivity index (χ1) is 18.8. The zero-order valence-corrected chi connectivity index (χ0v) is 25.1. The summed E-state index contributed by atoms with van der Waals surface area (Å²) < 4.78 is 5.49. The van der Waals surface area contributed by atoms with Crippen molar-refractivity contribution in [1.82, 2.24) is 15.5 Å². The zero-order valence-electron chi connectivity index (χ0n) is 25.1. The van der Waals surface area contributed by atoms with Crippen molar-refractivity contribution in [3.8, 4) is 5.75 Å². The Labute approximate surface area is 239 Å². The molecular formula is C32H47N3O5. The number of hydrogen-bond donors (Lipinski definition) is 3. The van der Waals surface area contributed by atoms with E-state index in [1.165, 1.54) is 0 Å². The smallest absolute Gasteiger partial charge is 0.408 e. The van der Waals surface area contributed by atoms with Crippen molar-refractivity contribution in [3.63, 3.8) is 0 Å². The van der Waals surface area contributed by atoms with E-state index in [-0.39, 0.29) is 30.0 Å². The van der Waals surface area contributed by atoms with Crippen LogP contribution in [0.25, 0.3) is 0 Å². The molecule has 3 N–H and O–H groups in total. The summed E-state index contributed by atoms with van der Waals surface area (Å²) in [5.74, 6) is -0.542. The minimum atomic E-state index is -0.996. The molecule has 0 aliphatic heterocycles. The van der Waals surface area contributed by atoms with Crippen LogP contribution in [0.4, 0.5) is 4.79 Å². The van der Waals surface area contributed by atoms with Gasteiger partial charge in [0.05, 0.1) is 0 Å². The number of unbranched alkanes of at least 4 members (excludes halogenated alkanes) is 3. The Kier molecular flexibility index (Phi) is 12.5. The number of aromatic hydroxyl groups is 1. The molecule has 2 aromatic carbocycles. The van der Waals surface area contributed by atoms with Crippen LogP contribution in [0.15, 0.2) is 48.5 Å². The molecule has 0 bridgehead atoms. The second kappa shape index (κ2) is 15.3. The van der Waals surface area contributed by atoms with E-state index in [0.29, 0.717) is 12.1 Å². The van der Waals surface area contributed by atoms with Crippen molar-refractivity contribution in [2.75, 3.05) is 6.54 Å². The van der Waals surface area contributed by atoms with Gasteiger partial charge in [-0.25, -0.2) is 4.79 Å². The third-order valence-corrected chi connectivity index (χ3v) is 6.25. The van der Waals surface area contributed by atoms with Gasteiger partial charge in [-0.15, -0.1) is 0 Å². The monoisotopic (exact) mass is 553 g/mol. The van der Waals surface area contributed by atoms with Gasteiger partial charge in [0.15, 0.2) is 0 Å². The zero-order chi connectivity index (χ0) is 29.9. The molecule has 0 radical (unpaired) electrons. The number of rotatable bonds is 13. The topological polar surface area (TPSA) is 108 Å². The number of benzene rings is 2. The highest BCUT2D eigenvalue weighted by molar-refractivity contribution is 5.92. The lowest BCUT2D eigenvalue weighted by Gasteiger charge is -2.35. The van der Waals surface area contributed by atoms with E-state index in [0.717, 1.165) is 36.8 Å². The highest BCUT2D eigenvalue weighted by Crippen LogP contribution is 2.25. The van der Waals surface area contributed by atoms with Gasteiger partial charge in [0.25, 0.3) is 0 Å². The van der Waals surface area contributed by atoms with Gasteiger partial charge >= 0.3 is 6.09 Å². The van der Waals surface area contributed by atoms with E-state index in [2.05, 4.69) is 17.6 Å². The molecule has 8 heteroatoms. The van der Waals surface area contributed by atoms with E-state index in [4.69, 9.17) is 4.74 Å². The number of nitrogens with one attached hydrogen (secondary N) is 2. The molecule has 8 nitrogen and oxygen atoms in total. The first-order valence-electron chi connectivity index (χ1n) is 14.3. The number of carbonyl (C=O) groups excluding carboxylic acids is 3. The summed E-state index contributed by atoms with van der Waals surface area (Å²) >= 11 is 0. The van der Waals surface area contributed by atoms with Crippen LogP contribution in [0.3, 0.4) is 0 Å². The predicted octanol–water partition coefficient (Wildman–Crippen LogP) is 5.81. The molecule has 2 rings (SSSR count). The van der Waals surface area contributed by atoms with Crippen LogP contribution in [0.1, 0.15) is 90.0 Å². The molecule has 0 heterocycles. The lowest BCUT2D eigenvalue weighted by Crippen LogP contribution is -2.54. The van der Waals surface area contributed by atoms with Crippen molar-refractivity contribution < 1.29 is 24.2 Å². The van der Waals surface area contributed by atoms with Gasteiger partial charge in [-0.2, -0.15) is 0 Å². The molecule has 0 spiro atoms. The molecule has 0 aliphatic carbocycles. The summed E-state index contributed by atoms with van der Waals surface area (Å²) in [6.07, 6.45) is 3.13. The van der Waals surface area contributed by atoms with Crippen molar-refractivity contribution in [2.45, 2.75) is 104 Å². The molecule has 0 aliphatic rings. The Hall–Kier alpha value is -3.55. The summed E-state index contributed by atoms with van der Waals surface area (Å²) in [4.78, 5) is 42.6. The van der Waals surface area contributed by atoms with Crippen molar-refractivity contribution >= 4 is 17.9 Å². The van der Waals surface area contributed by atoms with Crippen LogP contribution in [0.2, 0.25) is 0 Å². The van der Waals surface area contributed by atoms with Crippen LogP contribution in [-0.4, -0.2) is 52.1 Å². The second-order valence-electron chi connectivity index (χ2n) is 11.6. The Morgan fingerprint density at radius 3 is 2.23 bits per heavy atom. The van der Waals surface area contributed by atoms with Gasteiger partial charge in [0.1, 0.15) is 23.4 Å². The molecule has 220 valence electrons. The number of nitrogens with zero attached hydrogens (tertiary/aromatic N) is 1. The molecule has 0 saturated heterocycles. The maximum absolute atomic E-state index is 14.4. The third-order valence-electron chi connectivity index (χ3n) is 6.25. The summed E-state index contributed by atoms with van der Waals surface area (Å²) in [5, 5.41) is 15.5. The average Bonchev–Trinajstić information content (AvgIpc) is 2.84. The van der Waals surface area contributed by atoms with Crippen LogP contribution in [-0.2, 0) is 20.7 Å².